The first-order valence-electron chi connectivity index (χ1n) is 22.4. The third-order valence-corrected chi connectivity index (χ3v) is 10.6. The van der Waals surface area contributed by atoms with Gasteiger partial charge >= 0.3 is 7.82 Å². The quantitative estimate of drug-likeness (QED) is 0.0275. The molecular formula is C46H85N2O6P. The number of phosphoric acid groups is 1. The van der Waals surface area contributed by atoms with Crippen LogP contribution in [-0.4, -0.2) is 47.8 Å². The fourth-order valence-electron chi connectivity index (χ4n) is 6.28. The van der Waals surface area contributed by atoms with Gasteiger partial charge in [-0.2, -0.15) is 0 Å². The lowest BCUT2D eigenvalue weighted by Gasteiger charge is -2.25. The number of phosphoric ester groups is 1. The summed E-state index contributed by atoms with van der Waals surface area (Å²) in [5, 5.41) is 13.8. The van der Waals surface area contributed by atoms with Crippen LogP contribution in [0.2, 0.25) is 0 Å². The molecule has 1 amide bonds. The van der Waals surface area contributed by atoms with Crippen molar-refractivity contribution in [3.05, 3.63) is 60.8 Å². The Hall–Kier alpha value is -1.80. The van der Waals surface area contributed by atoms with Crippen LogP contribution in [0.3, 0.4) is 0 Å². The van der Waals surface area contributed by atoms with Gasteiger partial charge in [-0.3, -0.25) is 13.8 Å². The summed E-state index contributed by atoms with van der Waals surface area (Å²) in [4.78, 5) is 22.8. The second kappa shape index (κ2) is 41.8. The van der Waals surface area contributed by atoms with Crippen LogP contribution in [0.4, 0.5) is 0 Å². The van der Waals surface area contributed by atoms with E-state index in [1.807, 2.05) is 0 Å². The van der Waals surface area contributed by atoms with Crippen molar-refractivity contribution in [3.8, 4) is 0 Å². The van der Waals surface area contributed by atoms with Crippen molar-refractivity contribution < 1.29 is 28.4 Å². The van der Waals surface area contributed by atoms with Gasteiger partial charge in [0.2, 0.25) is 5.91 Å². The van der Waals surface area contributed by atoms with Crippen LogP contribution in [0.25, 0.3) is 0 Å². The van der Waals surface area contributed by atoms with E-state index in [1.165, 1.54) is 77.0 Å². The summed E-state index contributed by atoms with van der Waals surface area (Å²) in [7, 11) is -4.32. The maximum absolute atomic E-state index is 12.8. The lowest BCUT2D eigenvalue weighted by atomic mass is 10.0. The van der Waals surface area contributed by atoms with E-state index in [4.69, 9.17) is 14.8 Å². The van der Waals surface area contributed by atoms with Crippen LogP contribution < -0.4 is 11.1 Å². The molecule has 0 aromatic rings. The highest BCUT2D eigenvalue weighted by atomic mass is 31.2. The van der Waals surface area contributed by atoms with Gasteiger partial charge in [0, 0.05) is 13.0 Å². The normalized spacial score (nSPS) is 14.6. The number of aliphatic hydroxyl groups excluding tert-OH is 1. The molecule has 0 aliphatic carbocycles. The van der Waals surface area contributed by atoms with E-state index in [0.717, 1.165) is 89.9 Å². The molecule has 0 aromatic carbocycles. The monoisotopic (exact) mass is 793 g/mol. The highest BCUT2D eigenvalue weighted by Gasteiger charge is 2.27. The number of rotatable bonds is 41. The lowest BCUT2D eigenvalue weighted by Crippen LogP contribution is -2.46. The number of unbranched alkanes of at least 4 members (excludes halogenated alkanes) is 19. The molecule has 0 heterocycles. The Morgan fingerprint density at radius 1 is 0.618 bits per heavy atom. The van der Waals surface area contributed by atoms with Crippen LogP contribution in [0.5, 0.6) is 0 Å². The fourth-order valence-corrected chi connectivity index (χ4v) is 7.04. The minimum Gasteiger partial charge on any atom is -0.391 e. The van der Waals surface area contributed by atoms with Crippen molar-refractivity contribution in [2.45, 2.75) is 206 Å². The van der Waals surface area contributed by atoms with Crippen molar-refractivity contribution in [2.24, 2.45) is 5.73 Å². The number of amides is 1. The molecular weight excluding hydrogens is 707 g/mol. The average Bonchev–Trinajstić information content (AvgIpc) is 3.17. The molecule has 3 unspecified atom stereocenters. The maximum Gasteiger partial charge on any atom is 0.472 e. The molecule has 9 heteroatoms. The summed E-state index contributed by atoms with van der Waals surface area (Å²) in [6.07, 6.45) is 52.2. The summed E-state index contributed by atoms with van der Waals surface area (Å²) < 4.78 is 22.2. The highest BCUT2D eigenvalue weighted by Crippen LogP contribution is 2.43. The smallest absolute Gasteiger partial charge is 0.391 e. The number of allylic oxidation sites excluding steroid dienone is 10. The van der Waals surface area contributed by atoms with Gasteiger partial charge in [-0.05, 0) is 57.8 Å². The first-order valence-corrected chi connectivity index (χ1v) is 23.9. The Balaban J connectivity index is 4.20. The summed E-state index contributed by atoms with van der Waals surface area (Å²) >= 11 is 0. The molecule has 8 nitrogen and oxygen atoms in total. The Bertz CT molecular complexity index is 1040. The first kappa shape index (κ1) is 53.2. The third kappa shape index (κ3) is 40.2. The number of carbonyl (C=O) groups is 1. The number of hydrogen-bond donors (Lipinski definition) is 4. The van der Waals surface area contributed by atoms with Crippen molar-refractivity contribution in [1.82, 2.24) is 5.32 Å². The molecule has 0 aliphatic heterocycles. The number of aliphatic hydroxyl groups is 1. The highest BCUT2D eigenvalue weighted by molar-refractivity contribution is 7.47. The molecule has 0 saturated carbocycles. The summed E-state index contributed by atoms with van der Waals surface area (Å²) in [5.74, 6) is -0.182. The first-order chi connectivity index (χ1) is 26.9. The minimum absolute atomic E-state index is 0.0826. The number of hydrogen-bond acceptors (Lipinski definition) is 6. The molecule has 0 saturated heterocycles. The zero-order valence-corrected chi connectivity index (χ0v) is 36.3. The van der Waals surface area contributed by atoms with E-state index >= 15 is 0 Å². The predicted molar refractivity (Wildman–Crippen MR) is 235 cm³/mol. The van der Waals surface area contributed by atoms with Crippen LogP contribution in [0.15, 0.2) is 60.8 Å². The van der Waals surface area contributed by atoms with E-state index in [0.29, 0.717) is 12.8 Å². The standard InChI is InChI=1S/C46H85N2O6P/c1-3-5-7-9-11-13-15-17-19-20-21-22-23-24-26-28-30-32-34-36-38-40-46(50)48-44(43-54-55(51,52)53-42-41-47)45(49)39-37-35-33-31-29-27-25-18-16-14-12-10-8-6-4-2/h5,7,11,13,17,19,21-22,24,26,44-45,49H,3-4,6,8-10,12,14-16,18,20,23,25,27-43,47H2,1-2H3,(H,48,50)(H,51,52)/b7-5-,13-11-,19-17-,22-21-,26-24-. The predicted octanol–water partition coefficient (Wildman–Crippen LogP) is 12.7. The zero-order chi connectivity index (χ0) is 40.3. The van der Waals surface area contributed by atoms with E-state index in [9.17, 15) is 19.4 Å². The largest absolute Gasteiger partial charge is 0.472 e. The molecule has 320 valence electrons. The summed E-state index contributed by atoms with van der Waals surface area (Å²) in [6.45, 7) is 4.07. The van der Waals surface area contributed by atoms with E-state index < -0.39 is 20.0 Å². The van der Waals surface area contributed by atoms with Crippen molar-refractivity contribution in [2.75, 3.05) is 19.8 Å². The van der Waals surface area contributed by atoms with Gasteiger partial charge in [0.1, 0.15) is 0 Å². The van der Waals surface area contributed by atoms with Crippen LogP contribution in [-0.2, 0) is 18.4 Å². The van der Waals surface area contributed by atoms with Gasteiger partial charge in [-0.15, -0.1) is 0 Å². The lowest BCUT2D eigenvalue weighted by molar-refractivity contribution is -0.123. The fraction of sp³-hybridized carbons (Fsp3) is 0.761. The Labute approximate surface area is 338 Å². The number of nitrogens with one attached hydrogen (secondary N) is 1. The van der Waals surface area contributed by atoms with Gasteiger partial charge < -0.3 is 21.1 Å². The zero-order valence-electron chi connectivity index (χ0n) is 35.4. The Kier molecular flexibility index (Phi) is 40.5. The Morgan fingerprint density at radius 2 is 1.05 bits per heavy atom. The van der Waals surface area contributed by atoms with Gasteiger partial charge in [-0.25, -0.2) is 4.57 Å². The topological polar surface area (TPSA) is 131 Å². The van der Waals surface area contributed by atoms with Crippen molar-refractivity contribution >= 4 is 13.7 Å². The van der Waals surface area contributed by atoms with Crippen molar-refractivity contribution in [1.29, 1.82) is 0 Å². The van der Waals surface area contributed by atoms with E-state index in [1.54, 1.807) is 0 Å². The number of carbonyl (C=O) groups excluding carboxylic acids is 1. The SMILES string of the molecule is CC/C=C\C/C=C\C/C=C\C/C=C\C/C=C\CCCCCCCC(=O)NC(COP(=O)(O)OCCN)C(O)CCCCCCCCCCCCCCCCC. The van der Waals surface area contributed by atoms with Gasteiger partial charge in [-0.1, -0.05) is 190 Å². The minimum atomic E-state index is -4.32. The van der Waals surface area contributed by atoms with Gasteiger partial charge in [0.05, 0.1) is 25.4 Å². The maximum atomic E-state index is 12.8. The van der Waals surface area contributed by atoms with Gasteiger partial charge in [0.15, 0.2) is 0 Å². The number of nitrogens with two attached hydrogens (primary N) is 1. The van der Waals surface area contributed by atoms with Crippen LogP contribution in [0.1, 0.15) is 194 Å². The summed E-state index contributed by atoms with van der Waals surface area (Å²) in [6, 6.07) is -0.787. The Morgan fingerprint density at radius 3 is 1.55 bits per heavy atom. The molecule has 0 fully saturated rings. The second-order valence-electron chi connectivity index (χ2n) is 14.9. The molecule has 0 aliphatic rings. The molecule has 5 N–H and O–H groups in total. The average molecular weight is 793 g/mol. The van der Waals surface area contributed by atoms with Crippen LogP contribution in [0, 0.1) is 0 Å². The molecule has 0 rings (SSSR count). The van der Waals surface area contributed by atoms with E-state index in [-0.39, 0.29) is 25.7 Å². The molecule has 0 bridgehead atoms. The molecule has 0 radical (unpaired) electrons. The second-order valence-corrected chi connectivity index (χ2v) is 16.3. The molecule has 55 heavy (non-hydrogen) atoms. The summed E-state index contributed by atoms with van der Waals surface area (Å²) in [5.41, 5.74) is 5.38. The molecule has 3 atom stereocenters. The third-order valence-electron chi connectivity index (χ3n) is 9.64. The molecule has 0 spiro atoms. The van der Waals surface area contributed by atoms with Crippen LogP contribution >= 0.6 is 7.82 Å². The molecule has 0 aromatic heterocycles. The van der Waals surface area contributed by atoms with E-state index in [2.05, 4.69) is 79.9 Å². The van der Waals surface area contributed by atoms with Gasteiger partial charge in [0.25, 0.3) is 0 Å². The van der Waals surface area contributed by atoms with Crippen molar-refractivity contribution in [3.63, 3.8) is 0 Å².